The second-order valence-corrected chi connectivity index (χ2v) is 5.25. The van der Waals surface area contributed by atoms with Crippen molar-refractivity contribution in [2.45, 2.75) is 33.6 Å². The molecule has 0 atom stereocenters. The van der Waals surface area contributed by atoms with Crippen LogP contribution in [0.2, 0.25) is 0 Å². The predicted molar refractivity (Wildman–Crippen MR) is 90.8 cm³/mol. The minimum absolute atomic E-state index is 0.0895. The lowest BCUT2D eigenvalue weighted by Gasteiger charge is -2.18. The summed E-state index contributed by atoms with van der Waals surface area (Å²) in [7, 11) is 3.73. The molecule has 0 spiro atoms. The lowest BCUT2D eigenvalue weighted by molar-refractivity contribution is -0.126. The Balaban J connectivity index is 0.00000191. The molecule has 1 aliphatic rings. The van der Waals surface area contributed by atoms with Gasteiger partial charge in [-0.15, -0.1) is 0 Å². The number of nitrogens with two attached hydrogens (primary N) is 1. The third-order valence-corrected chi connectivity index (χ3v) is 3.47. The fourth-order valence-corrected chi connectivity index (χ4v) is 2.17. The highest BCUT2D eigenvalue weighted by Crippen LogP contribution is 2.13. The molecule has 0 aromatic carbocycles. The normalized spacial score (nSPS) is 17.0. The summed E-state index contributed by atoms with van der Waals surface area (Å²) >= 11 is 6.24. The Kier molecular flexibility index (Phi) is 10.1. The first-order valence-corrected chi connectivity index (χ1v) is 7.98. The van der Waals surface area contributed by atoms with Crippen LogP contribution in [0.4, 0.5) is 0 Å². The minimum Gasteiger partial charge on any atom is -0.393 e. The average molecular weight is 317 g/mol. The first kappa shape index (κ1) is 19.9. The first-order valence-electron chi connectivity index (χ1n) is 7.60. The van der Waals surface area contributed by atoms with Gasteiger partial charge in [-0.3, -0.25) is 9.79 Å². The van der Waals surface area contributed by atoms with Crippen molar-refractivity contribution in [2.75, 3.05) is 40.3 Å². The summed E-state index contributed by atoms with van der Waals surface area (Å²) in [5.41, 5.74) is 6.67. The molecule has 6 heteroatoms. The van der Waals surface area contributed by atoms with Crippen LogP contribution in [0.5, 0.6) is 0 Å². The van der Waals surface area contributed by atoms with E-state index in [9.17, 15) is 4.79 Å². The number of likely N-dealkylation sites (N-methyl/N-ethyl adjacent to an activating group) is 1. The topological polar surface area (TPSA) is 61.9 Å². The van der Waals surface area contributed by atoms with Gasteiger partial charge in [0, 0.05) is 33.2 Å². The zero-order chi connectivity index (χ0) is 16.4. The van der Waals surface area contributed by atoms with Crippen molar-refractivity contribution in [3.63, 3.8) is 0 Å². The summed E-state index contributed by atoms with van der Waals surface area (Å²) < 4.78 is 0. The highest BCUT2D eigenvalue weighted by molar-refractivity contribution is 6.45. The van der Waals surface area contributed by atoms with Crippen molar-refractivity contribution in [3.05, 3.63) is 10.7 Å². The highest BCUT2D eigenvalue weighted by Gasteiger charge is 2.20. The summed E-state index contributed by atoms with van der Waals surface area (Å²) in [4.78, 5) is 20.2. The molecule has 0 aromatic rings. The maximum Gasteiger partial charge on any atom is 0.271 e. The van der Waals surface area contributed by atoms with E-state index < -0.39 is 0 Å². The number of carbonyl (C=O) groups is 1. The van der Waals surface area contributed by atoms with Crippen LogP contribution < -0.4 is 5.73 Å². The van der Waals surface area contributed by atoms with E-state index in [4.69, 9.17) is 17.3 Å². The Morgan fingerprint density at radius 2 is 2.10 bits per heavy atom. The molecule has 0 unspecified atom stereocenters. The number of hydrogen-bond acceptors (Lipinski definition) is 4. The molecule has 0 saturated carbocycles. The van der Waals surface area contributed by atoms with Crippen LogP contribution in [0.15, 0.2) is 15.7 Å². The van der Waals surface area contributed by atoms with Crippen molar-refractivity contribution in [3.8, 4) is 0 Å². The molecule has 0 bridgehead atoms. The lowest BCUT2D eigenvalue weighted by Crippen LogP contribution is -2.34. The molecular weight excluding hydrogens is 288 g/mol. The summed E-state index contributed by atoms with van der Waals surface area (Å²) in [6.07, 6.45) is 1.88. The Hall–Kier alpha value is -1.07. The van der Waals surface area contributed by atoms with Gasteiger partial charge in [0.15, 0.2) is 0 Å². The smallest absolute Gasteiger partial charge is 0.271 e. The summed E-state index contributed by atoms with van der Waals surface area (Å²) in [6.45, 7) is 9.00. The van der Waals surface area contributed by atoms with Crippen LogP contribution in [-0.4, -0.2) is 61.7 Å². The van der Waals surface area contributed by atoms with Gasteiger partial charge in [-0.1, -0.05) is 32.4 Å². The highest BCUT2D eigenvalue weighted by atomic mass is 35.5. The Bertz CT molecular complexity index is 393. The number of amides is 1. The van der Waals surface area contributed by atoms with Crippen LogP contribution in [0.25, 0.3) is 0 Å². The molecule has 0 aromatic heterocycles. The molecule has 1 aliphatic heterocycles. The quantitative estimate of drug-likeness (QED) is 0.808. The van der Waals surface area contributed by atoms with Crippen LogP contribution in [0.1, 0.15) is 33.6 Å². The first-order chi connectivity index (χ1) is 9.97. The van der Waals surface area contributed by atoms with Gasteiger partial charge >= 0.3 is 0 Å². The molecule has 21 heavy (non-hydrogen) atoms. The van der Waals surface area contributed by atoms with Crippen molar-refractivity contribution in [2.24, 2.45) is 10.7 Å². The number of nitrogens with zero attached hydrogens (tertiary/aromatic N) is 3. The van der Waals surface area contributed by atoms with Crippen LogP contribution >= 0.6 is 11.6 Å². The van der Waals surface area contributed by atoms with E-state index in [1.165, 1.54) is 0 Å². The van der Waals surface area contributed by atoms with Crippen LogP contribution in [0.3, 0.4) is 0 Å². The van der Waals surface area contributed by atoms with E-state index in [-0.39, 0.29) is 11.6 Å². The second-order valence-electron chi connectivity index (χ2n) is 4.87. The van der Waals surface area contributed by atoms with Crippen molar-refractivity contribution >= 4 is 23.2 Å². The molecule has 1 heterocycles. The standard InChI is InChI=1S/C13H23ClN4O.C2H6/c1-4-7-18(3)13(19)12(15)11(14)10-9-17(2)8-5-6-16-10;1-2/h4-9,15H2,1-3H3;1-2H3/b12-11+;. The molecule has 0 fully saturated rings. The van der Waals surface area contributed by atoms with Crippen molar-refractivity contribution < 1.29 is 4.79 Å². The van der Waals surface area contributed by atoms with E-state index in [0.717, 1.165) is 25.9 Å². The Morgan fingerprint density at radius 1 is 1.48 bits per heavy atom. The van der Waals surface area contributed by atoms with Gasteiger partial charge in [-0.2, -0.15) is 0 Å². The van der Waals surface area contributed by atoms with E-state index in [1.54, 1.807) is 11.9 Å². The number of rotatable bonds is 4. The van der Waals surface area contributed by atoms with Crippen LogP contribution in [0, 0.1) is 0 Å². The molecule has 0 radical (unpaired) electrons. The number of halogens is 1. The van der Waals surface area contributed by atoms with Gasteiger partial charge in [0.1, 0.15) is 5.70 Å². The molecule has 0 saturated heterocycles. The molecule has 122 valence electrons. The van der Waals surface area contributed by atoms with E-state index in [0.29, 0.717) is 23.8 Å². The predicted octanol–water partition coefficient (Wildman–Crippen LogP) is 2.07. The third kappa shape index (κ3) is 6.48. The Morgan fingerprint density at radius 3 is 2.67 bits per heavy atom. The maximum absolute atomic E-state index is 12.1. The monoisotopic (exact) mass is 316 g/mol. The zero-order valence-electron chi connectivity index (χ0n) is 13.9. The summed E-state index contributed by atoms with van der Waals surface area (Å²) in [5.74, 6) is -0.235. The Labute approximate surface area is 133 Å². The van der Waals surface area contributed by atoms with Gasteiger partial charge < -0.3 is 15.5 Å². The largest absolute Gasteiger partial charge is 0.393 e. The average Bonchev–Trinajstić information content (AvgIpc) is 2.71. The van der Waals surface area contributed by atoms with Crippen molar-refractivity contribution in [1.82, 2.24) is 9.80 Å². The van der Waals surface area contributed by atoms with Crippen molar-refractivity contribution in [1.29, 1.82) is 0 Å². The number of hydrogen-bond donors (Lipinski definition) is 1. The van der Waals surface area contributed by atoms with Gasteiger partial charge in [0.2, 0.25) is 0 Å². The lowest BCUT2D eigenvalue weighted by atomic mass is 10.2. The molecule has 1 rings (SSSR count). The number of carbonyl (C=O) groups excluding carboxylic acids is 1. The fourth-order valence-electron chi connectivity index (χ4n) is 1.97. The SMILES string of the molecule is CC.CCCN(C)C(=O)/C(N)=C(\Cl)C1=NCCCN(C)C1. The second kappa shape index (κ2) is 10.6. The zero-order valence-corrected chi connectivity index (χ0v) is 14.7. The van der Waals surface area contributed by atoms with Gasteiger partial charge in [0.05, 0.1) is 10.7 Å². The minimum atomic E-state index is -0.235. The van der Waals surface area contributed by atoms with E-state index >= 15 is 0 Å². The molecule has 5 nitrogen and oxygen atoms in total. The molecular formula is C15H29ClN4O. The molecule has 1 amide bonds. The molecule has 2 N–H and O–H groups in total. The van der Waals surface area contributed by atoms with Gasteiger partial charge in [0.25, 0.3) is 5.91 Å². The van der Waals surface area contributed by atoms with Gasteiger partial charge in [-0.25, -0.2) is 0 Å². The summed E-state index contributed by atoms with van der Waals surface area (Å²) in [6, 6.07) is 0. The van der Waals surface area contributed by atoms with Crippen LogP contribution in [-0.2, 0) is 4.79 Å². The van der Waals surface area contributed by atoms with Gasteiger partial charge in [-0.05, 0) is 19.9 Å². The maximum atomic E-state index is 12.1. The van der Waals surface area contributed by atoms with E-state index in [1.807, 2.05) is 27.8 Å². The number of aliphatic imine (C=N–C) groups is 1. The fraction of sp³-hybridized carbons (Fsp3) is 0.733. The summed E-state index contributed by atoms with van der Waals surface area (Å²) in [5, 5.41) is 0.293. The molecule has 0 aliphatic carbocycles. The third-order valence-electron chi connectivity index (χ3n) is 3.05. The van der Waals surface area contributed by atoms with E-state index in [2.05, 4.69) is 9.89 Å².